The van der Waals surface area contributed by atoms with Crippen LogP contribution < -0.4 is 5.32 Å². The van der Waals surface area contributed by atoms with Gasteiger partial charge in [-0.15, -0.1) is 0 Å². The molecule has 5 nitrogen and oxygen atoms in total. The summed E-state index contributed by atoms with van der Waals surface area (Å²) in [7, 11) is 0. The smallest absolute Gasteiger partial charge is 0.416 e. The van der Waals surface area contributed by atoms with Gasteiger partial charge in [-0.1, -0.05) is 12.1 Å². The molecule has 0 spiro atoms. The third kappa shape index (κ3) is 5.69. The van der Waals surface area contributed by atoms with Gasteiger partial charge >= 0.3 is 12.1 Å². The molecule has 1 aromatic carbocycles. The zero-order valence-corrected chi connectivity index (χ0v) is 15.7. The average molecular weight is 387 g/mol. The molecular formula is C19H24F3NO4. The van der Waals surface area contributed by atoms with Crippen molar-refractivity contribution in [1.82, 2.24) is 5.32 Å². The van der Waals surface area contributed by atoms with Crippen LogP contribution in [0.4, 0.5) is 13.2 Å². The predicted octanol–water partition coefficient (Wildman–Crippen LogP) is 3.02. The van der Waals surface area contributed by atoms with Crippen LogP contribution in [0, 0.1) is 5.92 Å². The number of ether oxygens (including phenoxy) is 1. The summed E-state index contributed by atoms with van der Waals surface area (Å²) in [6.07, 6.45) is -3.89. The lowest BCUT2D eigenvalue weighted by molar-refractivity contribution is -0.174. The van der Waals surface area contributed by atoms with Gasteiger partial charge in [0.15, 0.2) is 5.60 Å². The lowest BCUT2D eigenvalue weighted by atomic mass is 10.1. The van der Waals surface area contributed by atoms with E-state index < -0.39 is 34.8 Å². The summed E-state index contributed by atoms with van der Waals surface area (Å²) < 4.78 is 42.9. The number of nitrogens with one attached hydrogen (secondary N) is 1. The Morgan fingerprint density at radius 2 is 1.70 bits per heavy atom. The number of aliphatic hydroxyl groups is 1. The molecule has 0 unspecified atom stereocenters. The molecule has 0 aliphatic heterocycles. The zero-order valence-electron chi connectivity index (χ0n) is 15.7. The van der Waals surface area contributed by atoms with E-state index in [9.17, 15) is 27.9 Å². The minimum atomic E-state index is -4.40. The minimum Gasteiger partial charge on any atom is -0.458 e. The number of hydrogen-bond donors (Lipinski definition) is 2. The van der Waals surface area contributed by atoms with Crippen LogP contribution in [0.15, 0.2) is 24.3 Å². The second kappa shape index (κ2) is 7.14. The highest BCUT2D eigenvalue weighted by molar-refractivity contribution is 5.85. The normalized spacial score (nSPS) is 21.9. The van der Waals surface area contributed by atoms with Gasteiger partial charge in [0, 0.05) is 5.92 Å². The Balaban J connectivity index is 1.89. The highest BCUT2D eigenvalue weighted by Crippen LogP contribution is 2.48. The van der Waals surface area contributed by atoms with E-state index in [1.54, 1.807) is 20.8 Å². The summed E-state index contributed by atoms with van der Waals surface area (Å²) >= 11 is 0. The van der Waals surface area contributed by atoms with E-state index in [4.69, 9.17) is 4.74 Å². The van der Waals surface area contributed by atoms with Crippen LogP contribution >= 0.6 is 0 Å². The average Bonchev–Trinajstić information content (AvgIpc) is 3.31. The number of alkyl halides is 3. The number of carbonyl (C=O) groups is 2. The molecule has 0 aromatic heterocycles. The van der Waals surface area contributed by atoms with Crippen molar-refractivity contribution in [3.8, 4) is 0 Å². The summed E-state index contributed by atoms with van der Waals surface area (Å²) in [5.74, 6) is -1.76. The van der Waals surface area contributed by atoms with E-state index in [1.165, 1.54) is 19.1 Å². The molecule has 1 saturated carbocycles. The van der Waals surface area contributed by atoms with E-state index in [1.807, 2.05) is 0 Å². The molecule has 0 bridgehead atoms. The Labute approximate surface area is 155 Å². The standard InChI is InChI=1S/C19H24F3NO4/c1-17(2,3)27-16(25)18(4,26)10-23-15(24)14-9-13(14)11-5-7-12(8-6-11)19(20,21)22/h5-8,13-14,26H,9-10H2,1-4H3,(H,23,24)/t13-,14-,18+/m0/s1. The van der Waals surface area contributed by atoms with E-state index in [-0.39, 0.29) is 18.4 Å². The highest BCUT2D eigenvalue weighted by atomic mass is 19.4. The number of hydrogen-bond acceptors (Lipinski definition) is 4. The maximum absolute atomic E-state index is 12.6. The van der Waals surface area contributed by atoms with Crippen molar-refractivity contribution in [2.75, 3.05) is 6.54 Å². The molecule has 1 aliphatic rings. The van der Waals surface area contributed by atoms with Crippen molar-refractivity contribution in [1.29, 1.82) is 0 Å². The van der Waals surface area contributed by atoms with Gasteiger partial charge in [-0.3, -0.25) is 4.79 Å². The lowest BCUT2D eigenvalue weighted by Gasteiger charge is -2.27. The fraction of sp³-hybridized carbons (Fsp3) is 0.579. The Bertz CT molecular complexity index is 705. The van der Waals surface area contributed by atoms with E-state index in [0.717, 1.165) is 12.1 Å². The number of benzene rings is 1. The second-order valence-electron chi connectivity index (χ2n) is 8.06. The van der Waals surface area contributed by atoms with Crippen molar-refractivity contribution in [3.05, 3.63) is 35.4 Å². The van der Waals surface area contributed by atoms with Crippen LogP contribution in [-0.2, 0) is 20.5 Å². The molecule has 1 amide bonds. The van der Waals surface area contributed by atoms with Crippen LogP contribution in [0.5, 0.6) is 0 Å². The van der Waals surface area contributed by atoms with Gasteiger partial charge in [-0.2, -0.15) is 13.2 Å². The van der Waals surface area contributed by atoms with Crippen molar-refractivity contribution >= 4 is 11.9 Å². The van der Waals surface area contributed by atoms with Crippen molar-refractivity contribution in [2.45, 2.75) is 57.4 Å². The van der Waals surface area contributed by atoms with Crippen LogP contribution in [0.1, 0.15) is 51.2 Å². The van der Waals surface area contributed by atoms with Gasteiger partial charge in [0.2, 0.25) is 5.91 Å². The zero-order chi connectivity index (χ0) is 20.6. The Hall–Kier alpha value is -2.09. The highest BCUT2D eigenvalue weighted by Gasteiger charge is 2.45. The molecule has 27 heavy (non-hydrogen) atoms. The molecular weight excluding hydrogens is 363 g/mol. The van der Waals surface area contributed by atoms with Gasteiger partial charge in [0.25, 0.3) is 0 Å². The molecule has 3 atom stereocenters. The quantitative estimate of drug-likeness (QED) is 0.762. The summed E-state index contributed by atoms with van der Waals surface area (Å²) in [5.41, 5.74) is -2.72. The Morgan fingerprint density at radius 3 is 2.19 bits per heavy atom. The van der Waals surface area contributed by atoms with Crippen LogP contribution in [0.3, 0.4) is 0 Å². The van der Waals surface area contributed by atoms with E-state index in [2.05, 4.69) is 5.32 Å². The SMILES string of the molecule is CC(C)(C)OC(=O)[C@](C)(O)CNC(=O)[C@H]1C[C@H]1c1ccc(C(F)(F)F)cc1. The number of halogens is 3. The predicted molar refractivity (Wildman–Crippen MR) is 91.8 cm³/mol. The van der Waals surface area contributed by atoms with Gasteiger partial charge in [0.05, 0.1) is 12.1 Å². The van der Waals surface area contributed by atoms with Gasteiger partial charge in [-0.25, -0.2) is 4.79 Å². The fourth-order valence-electron chi connectivity index (χ4n) is 2.62. The largest absolute Gasteiger partial charge is 0.458 e. The topological polar surface area (TPSA) is 75.6 Å². The van der Waals surface area contributed by atoms with Crippen LogP contribution in [-0.4, -0.2) is 34.7 Å². The first-order chi connectivity index (χ1) is 12.2. The Morgan fingerprint density at radius 1 is 1.15 bits per heavy atom. The maximum atomic E-state index is 12.6. The molecule has 0 heterocycles. The van der Waals surface area contributed by atoms with Crippen molar-refractivity contribution in [3.63, 3.8) is 0 Å². The number of amides is 1. The summed E-state index contributed by atoms with van der Waals surface area (Å²) in [6, 6.07) is 4.74. The lowest BCUT2D eigenvalue weighted by Crippen LogP contribution is -2.49. The third-order valence-corrected chi connectivity index (χ3v) is 4.24. The maximum Gasteiger partial charge on any atom is 0.416 e. The number of esters is 1. The summed E-state index contributed by atoms with van der Waals surface area (Å²) in [5, 5.41) is 12.7. The monoisotopic (exact) mass is 387 g/mol. The minimum absolute atomic E-state index is 0.168. The first-order valence-electron chi connectivity index (χ1n) is 8.61. The van der Waals surface area contributed by atoms with Gasteiger partial charge in [0.1, 0.15) is 5.60 Å². The fourth-order valence-corrected chi connectivity index (χ4v) is 2.62. The second-order valence-corrected chi connectivity index (χ2v) is 8.06. The first-order valence-corrected chi connectivity index (χ1v) is 8.61. The van der Waals surface area contributed by atoms with Crippen molar-refractivity contribution < 1.29 is 32.6 Å². The van der Waals surface area contributed by atoms with Gasteiger partial charge < -0.3 is 15.2 Å². The Kier molecular flexibility index (Phi) is 5.61. The molecule has 0 saturated heterocycles. The molecule has 0 radical (unpaired) electrons. The summed E-state index contributed by atoms with van der Waals surface area (Å²) in [6.45, 7) is 5.94. The van der Waals surface area contributed by atoms with Crippen molar-refractivity contribution in [2.24, 2.45) is 5.92 Å². The third-order valence-electron chi connectivity index (χ3n) is 4.24. The molecule has 150 valence electrons. The molecule has 2 N–H and O–H groups in total. The van der Waals surface area contributed by atoms with Gasteiger partial charge in [-0.05, 0) is 57.7 Å². The van der Waals surface area contributed by atoms with E-state index in [0.29, 0.717) is 12.0 Å². The summed E-state index contributed by atoms with van der Waals surface area (Å²) in [4.78, 5) is 24.2. The first kappa shape index (κ1) is 21.2. The molecule has 1 aliphatic carbocycles. The van der Waals surface area contributed by atoms with E-state index >= 15 is 0 Å². The molecule has 1 aromatic rings. The van der Waals surface area contributed by atoms with Crippen LogP contribution in [0.25, 0.3) is 0 Å². The molecule has 2 rings (SSSR count). The molecule has 8 heteroatoms. The van der Waals surface area contributed by atoms with Crippen LogP contribution in [0.2, 0.25) is 0 Å². The number of carbonyl (C=O) groups excluding carboxylic acids is 2. The molecule has 1 fully saturated rings. The number of rotatable bonds is 5.